The van der Waals surface area contributed by atoms with E-state index >= 15 is 0 Å². The quantitative estimate of drug-likeness (QED) is 0.318. The van der Waals surface area contributed by atoms with E-state index in [4.69, 9.17) is 14.5 Å². The van der Waals surface area contributed by atoms with Crippen molar-refractivity contribution in [3.8, 4) is 5.75 Å². The molecule has 1 saturated heterocycles. The second-order valence-electron chi connectivity index (χ2n) is 9.56. The van der Waals surface area contributed by atoms with Gasteiger partial charge in [0.25, 0.3) is 5.91 Å². The summed E-state index contributed by atoms with van der Waals surface area (Å²) in [6, 6.07) is 11.6. The Morgan fingerprint density at radius 3 is 2.32 bits per heavy atom. The Hall–Kier alpha value is -2.97. The van der Waals surface area contributed by atoms with Gasteiger partial charge in [0.15, 0.2) is 5.13 Å². The van der Waals surface area contributed by atoms with Crippen LogP contribution in [0.2, 0.25) is 0 Å². The van der Waals surface area contributed by atoms with Gasteiger partial charge in [-0.25, -0.2) is 18.2 Å². The summed E-state index contributed by atoms with van der Waals surface area (Å²) in [4.78, 5) is 35.6. The SMILES string of the molecule is CCOC(=O)N1CCN(S(=O)(=O)c2ccc(C(=O)N(CCCN(C)C)c3nc4cc(OC)ccc4s3)cc2)CC1.[Cl-]. The van der Waals surface area contributed by atoms with Crippen LogP contribution in [0.5, 0.6) is 5.75 Å². The van der Waals surface area contributed by atoms with Gasteiger partial charge in [-0.2, -0.15) is 4.31 Å². The van der Waals surface area contributed by atoms with Crippen molar-refractivity contribution in [1.82, 2.24) is 19.1 Å². The fraction of sp³-hybridized carbons (Fsp3) is 0.444. The fourth-order valence-corrected chi connectivity index (χ4v) is 6.76. The van der Waals surface area contributed by atoms with Gasteiger partial charge in [-0.3, -0.25) is 9.69 Å². The number of ether oxygens (including phenoxy) is 2. The van der Waals surface area contributed by atoms with Gasteiger partial charge in [-0.1, -0.05) is 11.3 Å². The van der Waals surface area contributed by atoms with Crippen LogP contribution in [0.25, 0.3) is 10.2 Å². The van der Waals surface area contributed by atoms with Gasteiger partial charge in [0.05, 0.1) is 28.8 Å². The van der Waals surface area contributed by atoms with E-state index in [0.717, 1.165) is 23.2 Å². The Balaban J connectivity index is 0.00000462. The summed E-state index contributed by atoms with van der Waals surface area (Å²) < 4.78 is 39.1. The molecule has 3 aromatic rings. The normalized spacial score (nSPS) is 14.1. The summed E-state index contributed by atoms with van der Waals surface area (Å²) in [7, 11) is 1.77. The summed E-state index contributed by atoms with van der Waals surface area (Å²) in [5, 5.41) is 0.572. The number of nitrogens with zero attached hydrogens (tertiary/aromatic N) is 5. The van der Waals surface area contributed by atoms with Gasteiger partial charge in [0.1, 0.15) is 5.75 Å². The number of carbonyl (C=O) groups is 2. The third kappa shape index (κ3) is 7.66. The number of aromatic nitrogens is 1. The average molecular weight is 625 g/mol. The number of halogens is 1. The minimum atomic E-state index is -3.78. The first-order valence-corrected chi connectivity index (χ1v) is 15.3. The van der Waals surface area contributed by atoms with Crippen molar-refractivity contribution < 1.29 is 39.9 Å². The van der Waals surface area contributed by atoms with Gasteiger partial charge in [0, 0.05) is 44.4 Å². The molecule has 0 spiro atoms. The van der Waals surface area contributed by atoms with Crippen LogP contribution in [0.1, 0.15) is 23.7 Å². The van der Waals surface area contributed by atoms with Crippen molar-refractivity contribution >= 4 is 48.7 Å². The number of sulfonamides is 1. The summed E-state index contributed by atoms with van der Waals surface area (Å²) in [6.07, 6.45) is 0.298. The van der Waals surface area contributed by atoms with E-state index in [1.54, 1.807) is 31.1 Å². The molecule has 1 aliphatic heterocycles. The van der Waals surface area contributed by atoms with Crippen LogP contribution in [-0.4, -0.2) is 107 Å². The van der Waals surface area contributed by atoms with Crippen molar-refractivity contribution in [2.24, 2.45) is 0 Å². The smallest absolute Gasteiger partial charge is 0.409 e. The zero-order chi connectivity index (χ0) is 28.9. The Bertz CT molecular complexity index is 1440. The van der Waals surface area contributed by atoms with E-state index in [9.17, 15) is 18.0 Å². The highest BCUT2D eigenvalue weighted by Crippen LogP contribution is 2.32. The molecule has 0 atom stereocenters. The van der Waals surface area contributed by atoms with Gasteiger partial charge in [0.2, 0.25) is 10.0 Å². The van der Waals surface area contributed by atoms with Gasteiger partial charge < -0.3 is 31.7 Å². The van der Waals surface area contributed by atoms with Crippen LogP contribution < -0.4 is 22.0 Å². The lowest BCUT2D eigenvalue weighted by Gasteiger charge is -2.33. The van der Waals surface area contributed by atoms with E-state index in [1.807, 2.05) is 32.3 Å². The topological polar surface area (TPSA) is 113 Å². The number of hydrogen-bond donors (Lipinski definition) is 0. The fourth-order valence-electron chi connectivity index (χ4n) is 4.37. The molecule has 11 nitrogen and oxygen atoms in total. The lowest BCUT2D eigenvalue weighted by molar-refractivity contribution is -0.0000256. The van der Waals surface area contributed by atoms with Crippen LogP contribution >= 0.6 is 11.3 Å². The molecule has 0 unspecified atom stereocenters. The number of thiazole rings is 1. The number of hydrogen-bond acceptors (Lipinski definition) is 9. The number of methoxy groups -OCH3 is 1. The standard InChI is InChI=1S/C27H35N5O6S2.ClH/c1-5-38-27(34)30-15-17-31(18-16-30)40(35,36)22-10-7-20(8-11-22)25(33)32(14-6-13-29(2)3)26-28-23-19-21(37-4)9-12-24(23)39-26;/h7-12,19H,5-6,13-18H2,1-4H3;1H/p-1. The monoisotopic (exact) mass is 624 g/mol. The molecule has 0 aliphatic carbocycles. The Morgan fingerprint density at radius 2 is 1.71 bits per heavy atom. The van der Waals surface area contributed by atoms with E-state index in [0.29, 0.717) is 23.0 Å². The highest BCUT2D eigenvalue weighted by Gasteiger charge is 2.31. The van der Waals surface area contributed by atoms with E-state index in [1.165, 1.54) is 32.7 Å². The first kappa shape index (κ1) is 32.5. The van der Waals surface area contributed by atoms with Crippen molar-refractivity contribution in [3.63, 3.8) is 0 Å². The molecular formula is C27H35ClN5O6S2-. The average Bonchev–Trinajstić information content (AvgIpc) is 3.38. The second kappa shape index (κ2) is 14.3. The first-order chi connectivity index (χ1) is 19.1. The maximum atomic E-state index is 13.7. The number of fused-ring (bicyclic) bond motifs is 1. The maximum Gasteiger partial charge on any atom is 0.409 e. The number of piperazine rings is 1. The summed E-state index contributed by atoms with van der Waals surface area (Å²) in [5.41, 5.74) is 1.11. The molecule has 2 heterocycles. The maximum absolute atomic E-state index is 13.7. The second-order valence-corrected chi connectivity index (χ2v) is 12.5. The Morgan fingerprint density at radius 1 is 1.02 bits per heavy atom. The van der Waals surface area contributed by atoms with E-state index in [2.05, 4.69) is 4.90 Å². The van der Waals surface area contributed by atoms with Crippen LogP contribution in [0.3, 0.4) is 0 Å². The zero-order valence-electron chi connectivity index (χ0n) is 23.6. The number of rotatable bonds is 10. The van der Waals surface area contributed by atoms with Crippen molar-refractivity contribution in [1.29, 1.82) is 0 Å². The molecule has 0 N–H and O–H groups in total. The van der Waals surface area contributed by atoms with Gasteiger partial charge >= 0.3 is 6.09 Å². The summed E-state index contributed by atoms with van der Waals surface area (Å²) in [6.45, 7) is 4.10. The van der Waals surface area contributed by atoms with Gasteiger partial charge in [-0.15, -0.1) is 0 Å². The molecule has 1 fully saturated rings. The molecule has 2 amide bonds. The van der Waals surface area contributed by atoms with Crippen LogP contribution in [0.15, 0.2) is 47.4 Å². The number of anilines is 1. The zero-order valence-corrected chi connectivity index (χ0v) is 26.0. The van der Waals surface area contributed by atoms with Crippen LogP contribution in [0.4, 0.5) is 9.93 Å². The molecular weight excluding hydrogens is 590 g/mol. The molecule has 0 bridgehead atoms. The molecule has 41 heavy (non-hydrogen) atoms. The minimum absolute atomic E-state index is 0. The number of carbonyl (C=O) groups excluding carboxylic acids is 2. The predicted octanol–water partition coefficient (Wildman–Crippen LogP) is 0.370. The lowest BCUT2D eigenvalue weighted by Crippen LogP contribution is -3.00. The van der Waals surface area contributed by atoms with Crippen molar-refractivity contribution in [2.75, 3.05) is 72.0 Å². The van der Waals surface area contributed by atoms with Crippen LogP contribution in [-0.2, 0) is 14.8 Å². The molecule has 14 heteroatoms. The third-order valence-electron chi connectivity index (χ3n) is 6.55. The highest BCUT2D eigenvalue weighted by molar-refractivity contribution is 7.89. The molecule has 2 aromatic carbocycles. The Labute approximate surface area is 251 Å². The highest BCUT2D eigenvalue weighted by atomic mass is 35.5. The van der Waals surface area contributed by atoms with E-state index in [-0.39, 0.29) is 56.0 Å². The molecule has 1 aliphatic rings. The number of amides is 2. The largest absolute Gasteiger partial charge is 1.00 e. The minimum Gasteiger partial charge on any atom is -1.00 e. The first-order valence-electron chi connectivity index (χ1n) is 13.1. The predicted molar refractivity (Wildman–Crippen MR) is 155 cm³/mol. The van der Waals surface area contributed by atoms with E-state index < -0.39 is 16.1 Å². The number of benzene rings is 2. The molecule has 224 valence electrons. The molecule has 0 radical (unpaired) electrons. The molecule has 1 aromatic heterocycles. The van der Waals surface area contributed by atoms with Crippen molar-refractivity contribution in [3.05, 3.63) is 48.0 Å². The van der Waals surface area contributed by atoms with Crippen LogP contribution in [0, 0.1) is 0 Å². The third-order valence-corrected chi connectivity index (χ3v) is 9.52. The molecule has 0 saturated carbocycles. The van der Waals surface area contributed by atoms with Crippen molar-refractivity contribution in [2.45, 2.75) is 18.2 Å². The Kier molecular flexibility index (Phi) is 11.3. The lowest BCUT2D eigenvalue weighted by atomic mass is 10.2. The summed E-state index contributed by atoms with van der Waals surface area (Å²) >= 11 is 1.42. The molecule has 4 rings (SSSR count). The van der Waals surface area contributed by atoms with Gasteiger partial charge in [-0.05, 0) is 70.4 Å². The summed E-state index contributed by atoms with van der Waals surface area (Å²) in [5.74, 6) is 0.436.